The molecule has 0 aliphatic rings. The van der Waals surface area contributed by atoms with E-state index in [9.17, 15) is 4.79 Å². The number of pyridine rings is 1. The molecule has 0 aliphatic carbocycles. The normalized spacial score (nSPS) is 11.0. The fourth-order valence-corrected chi connectivity index (χ4v) is 3.79. The highest BCUT2D eigenvalue weighted by molar-refractivity contribution is 6.35. The van der Waals surface area contributed by atoms with Gasteiger partial charge in [-0.2, -0.15) is 0 Å². The summed E-state index contributed by atoms with van der Waals surface area (Å²) in [6.07, 6.45) is 4.13. The number of carbonyl (C=O) groups is 1. The SMILES string of the molecule is CCCCN(CCCC)C(=O)c1cc(-c2ccccc2C)nc2c(Cl)cccc12. The Labute approximate surface area is 178 Å². The minimum Gasteiger partial charge on any atom is -0.339 e. The lowest BCUT2D eigenvalue weighted by Gasteiger charge is -2.23. The third kappa shape index (κ3) is 4.79. The molecule has 0 aliphatic heterocycles. The zero-order valence-electron chi connectivity index (χ0n) is 17.5. The highest BCUT2D eigenvalue weighted by Gasteiger charge is 2.20. The van der Waals surface area contributed by atoms with Gasteiger partial charge in [-0.05, 0) is 37.5 Å². The van der Waals surface area contributed by atoms with Crippen molar-refractivity contribution >= 4 is 28.4 Å². The second-order valence-electron chi connectivity index (χ2n) is 7.51. The number of hydrogen-bond donors (Lipinski definition) is 0. The quantitative estimate of drug-likeness (QED) is 0.405. The largest absolute Gasteiger partial charge is 0.339 e. The molecule has 2 aromatic carbocycles. The van der Waals surface area contributed by atoms with E-state index in [4.69, 9.17) is 16.6 Å². The van der Waals surface area contributed by atoms with Gasteiger partial charge in [0.15, 0.2) is 0 Å². The molecule has 29 heavy (non-hydrogen) atoms. The zero-order chi connectivity index (χ0) is 20.8. The Bertz CT molecular complexity index is 991. The molecule has 4 heteroatoms. The fraction of sp³-hybridized carbons (Fsp3) is 0.360. The summed E-state index contributed by atoms with van der Waals surface area (Å²) in [5, 5.41) is 1.39. The number of rotatable bonds is 8. The first-order valence-corrected chi connectivity index (χ1v) is 10.9. The Balaban J connectivity index is 2.15. The van der Waals surface area contributed by atoms with Gasteiger partial charge < -0.3 is 4.90 Å². The van der Waals surface area contributed by atoms with Gasteiger partial charge in [0, 0.05) is 24.0 Å². The smallest absolute Gasteiger partial charge is 0.254 e. The maximum atomic E-state index is 13.6. The molecule has 0 N–H and O–H groups in total. The molecule has 0 atom stereocenters. The molecule has 0 bridgehead atoms. The summed E-state index contributed by atoms with van der Waals surface area (Å²) < 4.78 is 0. The van der Waals surface area contributed by atoms with Crippen LogP contribution >= 0.6 is 11.6 Å². The summed E-state index contributed by atoms with van der Waals surface area (Å²) >= 11 is 6.49. The second kappa shape index (κ2) is 9.89. The van der Waals surface area contributed by atoms with Crippen molar-refractivity contribution in [2.24, 2.45) is 0 Å². The number of aryl methyl sites for hydroxylation is 1. The van der Waals surface area contributed by atoms with Crippen LogP contribution in [0.3, 0.4) is 0 Å². The number of aromatic nitrogens is 1. The average molecular weight is 409 g/mol. The second-order valence-corrected chi connectivity index (χ2v) is 7.91. The maximum absolute atomic E-state index is 13.6. The monoisotopic (exact) mass is 408 g/mol. The summed E-state index contributed by atoms with van der Waals surface area (Å²) in [6, 6.07) is 15.7. The molecule has 0 unspecified atom stereocenters. The van der Waals surface area contributed by atoms with Gasteiger partial charge in [0.2, 0.25) is 0 Å². The third-order valence-electron chi connectivity index (χ3n) is 5.29. The summed E-state index contributed by atoms with van der Waals surface area (Å²) in [4.78, 5) is 20.4. The third-order valence-corrected chi connectivity index (χ3v) is 5.60. The lowest BCUT2D eigenvalue weighted by molar-refractivity contribution is 0.0753. The van der Waals surface area contributed by atoms with Crippen LogP contribution in [0.4, 0.5) is 0 Å². The van der Waals surface area contributed by atoms with E-state index < -0.39 is 0 Å². The summed E-state index contributed by atoms with van der Waals surface area (Å²) in [5.74, 6) is 0.0661. The standard InChI is InChI=1S/C25H29ClN2O/c1-4-6-15-28(16-7-5-2)25(29)21-17-23(19-12-9-8-11-18(19)3)27-24-20(21)13-10-14-22(24)26/h8-14,17H,4-7,15-16H2,1-3H3. The van der Waals surface area contributed by atoms with E-state index in [-0.39, 0.29) is 5.91 Å². The number of fused-ring (bicyclic) bond motifs is 1. The van der Waals surface area contributed by atoms with Crippen molar-refractivity contribution < 1.29 is 4.79 Å². The molecular formula is C25H29ClN2O. The molecule has 1 amide bonds. The molecule has 3 rings (SSSR count). The van der Waals surface area contributed by atoms with Gasteiger partial charge >= 0.3 is 0 Å². The number of hydrogen-bond acceptors (Lipinski definition) is 2. The molecule has 3 nitrogen and oxygen atoms in total. The van der Waals surface area contributed by atoms with Crippen LogP contribution in [0.15, 0.2) is 48.5 Å². The minimum atomic E-state index is 0.0661. The van der Waals surface area contributed by atoms with Crippen LogP contribution < -0.4 is 0 Å². The van der Waals surface area contributed by atoms with Gasteiger partial charge in [0.25, 0.3) is 5.91 Å². The molecule has 0 radical (unpaired) electrons. The number of unbranched alkanes of at least 4 members (excludes halogenated alkanes) is 2. The highest BCUT2D eigenvalue weighted by Crippen LogP contribution is 2.31. The minimum absolute atomic E-state index is 0.0661. The van der Waals surface area contributed by atoms with Crippen molar-refractivity contribution in [3.8, 4) is 11.3 Å². The number of benzene rings is 2. The van der Waals surface area contributed by atoms with Gasteiger partial charge in [-0.25, -0.2) is 4.98 Å². The maximum Gasteiger partial charge on any atom is 0.254 e. The molecule has 0 fully saturated rings. The Morgan fingerprint density at radius 3 is 2.34 bits per heavy atom. The molecule has 0 spiro atoms. The molecule has 0 saturated carbocycles. The van der Waals surface area contributed by atoms with Gasteiger partial charge in [0.05, 0.1) is 21.8 Å². The summed E-state index contributed by atoms with van der Waals surface area (Å²) in [5.41, 5.74) is 4.31. The zero-order valence-corrected chi connectivity index (χ0v) is 18.3. The number of carbonyl (C=O) groups excluding carboxylic acids is 1. The molecule has 1 aromatic heterocycles. The first kappa shape index (κ1) is 21.3. The first-order chi connectivity index (χ1) is 14.1. The van der Waals surface area contributed by atoms with Crippen LogP contribution in [0.5, 0.6) is 0 Å². The van der Waals surface area contributed by atoms with Crippen LogP contribution in [-0.2, 0) is 0 Å². The van der Waals surface area contributed by atoms with Crippen molar-refractivity contribution in [3.05, 3.63) is 64.7 Å². The Morgan fingerprint density at radius 1 is 1.00 bits per heavy atom. The number of para-hydroxylation sites is 1. The van der Waals surface area contributed by atoms with Crippen LogP contribution in [-0.4, -0.2) is 28.9 Å². The molecular weight excluding hydrogens is 380 g/mol. The fourth-order valence-electron chi connectivity index (χ4n) is 3.57. The molecule has 1 heterocycles. The Morgan fingerprint density at radius 2 is 1.69 bits per heavy atom. The summed E-state index contributed by atoms with van der Waals surface area (Å²) in [7, 11) is 0. The van der Waals surface area contributed by atoms with E-state index in [1.54, 1.807) is 0 Å². The Kier molecular flexibility index (Phi) is 7.27. The van der Waals surface area contributed by atoms with E-state index >= 15 is 0 Å². The van der Waals surface area contributed by atoms with Gasteiger partial charge in [-0.3, -0.25) is 4.79 Å². The Hall–Kier alpha value is -2.39. The predicted octanol–water partition coefficient (Wildman–Crippen LogP) is 6.91. The van der Waals surface area contributed by atoms with Crippen LogP contribution in [0.25, 0.3) is 22.2 Å². The van der Waals surface area contributed by atoms with E-state index in [0.29, 0.717) is 16.1 Å². The van der Waals surface area contributed by atoms with Gasteiger partial charge in [0.1, 0.15) is 0 Å². The van der Waals surface area contributed by atoms with E-state index in [1.807, 2.05) is 47.4 Å². The molecule has 3 aromatic rings. The van der Waals surface area contributed by atoms with Gasteiger partial charge in [-0.15, -0.1) is 0 Å². The van der Waals surface area contributed by atoms with E-state index in [1.165, 1.54) is 0 Å². The highest BCUT2D eigenvalue weighted by atomic mass is 35.5. The van der Waals surface area contributed by atoms with Crippen molar-refractivity contribution in [1.82, 2.24) is 9.88 Å². The number of halogens is 1. The lowest BCUT2D eigenvalue weighted by Crippen LogP contribution is -2.33. The summed E-state index contributed by atoms with van der Waals surface area (Å²) in [6.45, 7) is 7.92. The topological polar surface area (TPSA) is 33.2 Å². The van der Waals surface area contributed by atoms with E-state index in [2.05, 4.69) is 26.8 Å². The average Bonchev–Trinajstić information content (AvgIpc) is 2.73. The lowest BCUT2D eigenvalue weighted by atomic mass is 10.00. The molecule has 0 saturated heterocycles. The van der Waals surface area contributed by atoms with Crippen LogP contribution in [0.1, 0.15) is 55.5 Å². The number of nitrogens with zero attached hydrogens (tertiary/aromatic N) is 2. The molecule has 152 valence electrons. The van der Waals surface area contributed by atoms with Crippen molar-refractivity contribution in [1.29, 1.82) is 0 Å². The van der Waals surface area contributed by atoms with Crippen LogP contribution in [0, 0.1) is 6.92 Å². The van der Waals surface area contributed by atoms with Crippen molar-refractivity contribution in [3.63, 3.8) is 0 Å². The number of amides is 1. The van der Waals surface area contributed by atoms with Crippen LogP contribution in [0.2, 0.25) is 5.02 Å². The van der Waals surface area contributed by atoms with E-state index in [0.717, 1.165) is 61.0 Å². The predicted molar refractivity (Wildman–Crippen MR) is 123 cm³/mol. The first-order valence-electron chi connectivity index (χ1n) is 10.5. The van der Waals surface area contributed by atoms with Crippen molar-refractivity contribution in [2.75, 3.05) is 13.1 Å². The van der Waals surface area contributed by atoms with Crippen molar-refractivity contribution in [2.45, 2.75) is 46.5 Å². The van der Waals surface area contributed by atoms with Gasteiger partial charge in [-0.1, -0.05) is 74.7 Å².